The lowest BCUT2D eigenvalue weighted by molar-refractivity contribution is 0.414. The summed E-state index contributed by atoms with van der Waals surface area (Å²) in [5.74, 6) is 0.547. The average Bonchev–Trinajstić information content (AvgIpc) is 2.95. The molecule has 1 aliphatic carbocycles. The zero-order valence-electron chi connectivity index (χ0n) is 13.5. The average molecular weight is 329 g/mol. The van der Waals surface area contributed by atoms with Crippen LogP contribution in [0.25, 0.3) is 0 Å². The van der Waals surface area contributed by atoms with Crippen LogP contribution in [0.2, 0.25) is 0 Å². The van der Waals surface area contributed by atoms with Crippen LogP contribution in [0.15, 0.2) is 30.6 Å². The summed E-state index contributed by atoms with van der Waals surface area (Å²) >= 11 is 5.36. The maximum absolute atomic E-state index is 5.36. The highest BCUT2D eigenvalue weighted by molar-refractivity contribution is 7.80. The quantitative estimate of drug-likeness (QED) is 0.843. The van der Waals surface area contributed by atoms with Crippen LogP contribution in [0.4, 0.5) is 5.95 Å². The number of rotatable bonds is 4. The molecule has 0 amide bonds. The van der Waals surface area contributed by atoms with Crippen molar-refractivity contribution in [2.45, 2.75) is 51.6 Å². The van der Waals surface area contributed by atoms with Gasteiger partial charge in [-0.05, 0) is 37.5 Å². The van der Waals surface area contributed by atoms with E-state index in [1.165, 1.54) is 43.2 Å². The minimum Gasteiger partial charge on any atom is -0.360 e. The molecule has 0 spiro atoms. The third-order valence-corrected chi connectivity index (χ3v) is 4.35. The number of benzene rings is 1. The SMILES string of the molecule is Cc1cccc(Cn2cnc(NC(=S)NC3CCCCC3)n2)c1. The summed E-state index contributed by atoms with van der Waals surface area (Å²) in [6.07, 6.45) is 8.01. The van der Waals surface area contributed by atoms with E-state index in [2.05, 4.69) is 51.9 Å². The van der Waals surface area contributed by atoms with Crippen LogP contribution >= 0.6 is 12.2 Å². The van der Waals surface area contributed by atoms with Gasteiger partial charge in [0.1, 0.15) is 6.33 Å². The standard InChI is InChI=1S/C17H23N5S/c1-13-6-5-7-14(10-13)11-22-12-18-16(21-22)20-17(23)19-15-8-3-2-4-9-15/h5-7,10,12,15H,2-4,8-9,11H2,1H3,(H2,19,20,21,23). The Hall–Kier alpha value is -1.95. The van der Waals surface area contributed by atoms with E-state index in [1.807, 2.05) is 4.68 Å². The van der Waals surface area contributed by atoms with Gasteiger partial charge in [-0.25, -0.2) is 9.67 Å². The summed E-state index contributed by atoms with van der Waals surface area (Å²) in [5.41, 5.74) is 2.46. The smallest absolute Gasteiger partial charge is 0.248 e. The first-order valence-corrected chi connectivity index (χ1v) is 8.62. The Morgan fingerprint density at radius 2 is 2.13 bits per heavy atom. The summed E-state index contributed by atoms with van der Waals surface area (Å²) < 4.78 is 1.82. The third kappa shape index (κ3) is 4.76. The molecule has 0 bridgehead atoms. The number of anilines is 1. The second-order valence-corrected chi connectivity index (χ2v) is 6.60. The molecule has 1 fully saturated rings. The van der Waals surface area contributed by atoms with Crippen molar-refractivity contribution >= 4 is 23.3 Å². The van der Waals surface area contributed by atoms with Crippen LogP contribution in [0.1, 0.15) is 43.2 Å². The van der Waals surface area contributed by atoms with Crippen molar-refractivity contribution in [3.05, 3.63) is 41.7 Å². The molecule has 23 heavy (non-hydrogen) atoms. The van der Waals surface area contributed by atoms with E-state index in [0.29, 0.717) is 23.6 Å². The number of hydrogen-bond donors (Lipinski definition) is 2. The summed E-state index contributed by atoms with van der Waals surface area (Å²) in [6.45, 7) is 2.80. The van der Waals surface area contributed by atoms with E-state index in [9.17, 15) is 0 Å². The van der Waals surface area contributed by atoms with E-state index in [1.54, 1.807) is 6.33 Å². The van der Waals surface area contributed by atoms with Crippen molar-refractivity contribution in [2.75, 3.05) is 5.32 Å². The molecule has 1 aromatic heterocycles. The van der Waals surface area contributed by atoms with Gasteiger partial charge in [0.2, 0.25) is 5.95 Å². The molecule has 2 N–H and O–H groups in total. The Kier molecular flexibility index (Phi) is 5.23. The Labute approximate surface area is 142 Å². The van der Waals surface area contributed by atoms with Gasteiger partial charge in [0, 0.05) is 6.04 Å². The van der Waals surface area contributed by atoms with Crippen LogP contribution in [-0.2, 0) is 6.54 Å². The molecule has 0 unspecified atom stereocenters. The molecule has 1 aliphatic rings. The van der Waals surface area contributed by atoms with E-state index in [0.717, 1.165) is 0 Å². The van der Waals surface area contributed by atoms with E-state index < -0.39 is 0 Å². The van der Waals surface area contributed by atoms with Gasteiger partial charge in [0.25, 0.3) is 0 Å². The fourth-order valence-corrected chi connectivity index (χ4v) is 3.25. The van der Waals surface area contributed by atoms with Gasteiger partial charge >= 0.3 is 0 Å². The molecule has 122 valence electrons. The van der Waals surface area contributed by atoms with Crippen molar-refractivity contribution in [3.8, 4) is 0 Å². The van der Waals surface area contributed by atoms with Gasteiger partial charge in [-0.2, -0.15) is 0 Å². The van der Waals surface area contributed by atoms with Crippen molar-refractivity contribution in [2.24, 2.45) is 0 Å². The Morgan fingerprint density at radius 3 is 2.91 bits per heavy atom. The van der Waals surface area contributed by atoms with Crippen LogP contribution in [0.3, 0.4) is 0 Å². The fraction of sp³-hybridized carbons (Fsp3) is 0.471. The van der Waals surface area contributed by atoms with E-state index >= 15 is 0 Å². The summed E-state index contributed by atoms with van der Waals surface area (Å²) in [7, 11) is 0. The zero-order chi connectivity index (χ0) is 16.1. The van der Waals surface area contributed by atoms with Crippen molar-refractivity contribution in [1.29, 1.82) is 0 Å². The maximum atomic E-state index is 5.36. The number of aryl methyl sites for hydroxylation is 1. The molecular weight excluding hydrogens is 306 g/mol. The highest BCUT2D eigenvalue weighted by Crippen LogP contribution is 2.17. The molecule has 2 aromatic rings. The van der Waals surface area contributed by atoms with Gasteiger partial charge in [0.15, 0.2) is 5.11 Å². The third-order valence-electron chi connectivity index (χ3n) is 4.13. The van der Waals surface area contributed by atoms with E-state index in [-0.39, 0.29) is 0 Å². The molecule has 6 heteroatoms. The zero-order valence-corrected chi connectivity index (χ0v) is 14.3. The highest BCUT2D eigenvalue weighted by atomic mass is 32.1. The van der Waals surface area contributed by atoms with Gasteiger partial charge in [0.05, 0.1) is 6.54 Å². The first-order valence-electron chi connectivity index (χ1n) is 8.21. The molecule has 1 aromatic carbocycles. The van der Waals surface area contributed by atoms with Gasteiger partial charge in [-0.15, -0.1) is 5.10 Å². The summed E-state index contributed by atoms with van der Waals surface area (Å²) in [4.78, 5) is 4.28. The Morgan fingerprint density at radius 1 is 1.30 bits per heavy atom. The van der Waals surface area contributed by atoms with Crippen molar-refractivity contribution < 1.29 is 0 Å². The number of nitrogens with one attached hydrogen (secondary N) is 2. The normalized spacial score (nSPS) is 15.3. The lowest BCUT2D eigenvalue weighted by Crippen LogP contribution is -2.39. The minimum absolute atomic E-state index is 0.484. The predicted octanol–water partition coefficient (Wildman–Crippen LogP) is 3.25. The first kappa shape index (κ1) is 15.9. The fourth-order valence-electron chi connectivity index (χ4n) is 3.00. The molecule has 0 aliphatic heterocycles. The Balaban J connectivity index is 1.53. The lowest BCUT2D eigenvalue weighted by Gasteiger charge is -2.23. The molecular formula is C17H23N5S. The second kappa shape index (κ2) is 7.55. The number of hydrogen-bond acceptors (Lipinski definition) is 3. The molecule has 3 rings (SSSR count). The maximum Gasteiger partial charge on any atom is 0.248 e. The van der Waals surface area contributed by atoms with Crippen LogP contribution in [-0.4, -0.2) is 25.9 Å². The largest absolute Gasteiger partial charge is 0.360 e. The van der Waals surface area contributed by atoms with Gasteiger partial charge in [-0.3, -0.25) is 5.32 Å². The summed E-state index contributed by atoms with van der Waals surface area (Å²) in [6, 6.07) is 8.89. The molecule has 1 saturated carbocycles. The predicted molar refractivity (Wildman–Crippen MR) is 96.5 cm³/mol. The van der Waals surface area contributed by atoms with Gasteiger partial charge in [-0.1, -0.05) is 49.1 Å². The van der Waals surface area contributed by atoms with Crippen molar-refractivity contribution in [1.82, 2.24) is 20.1 Å². The van der Waals surface area contributed by atoms with Crippen molar-refractivity contribution in [3.63, 3.8) is 0 Å². The number of nitrogens with zero attached hydrogens (tertiary/aromatic N) is 3. The molecule has 0 saturated heterocycles. The van der Waals surface area contributed by atoms with Gasteiger partial charge < -0.3 is 5.32 Å². The molecule has 0 atom stereocenters. The topological polar surface area (TPSA) is 54.8 Å². The van der Waals surface area contributed by atoms with Crippen LogP contribution in [0.5, 0.6) is 0 Å². The summed E-state index contributed by atoms with van der Waals surface area (Å²) in [5, 5.41) is 11.5. The molecule has 5 nitrogen and oxygen atoms in total. The monoisotopic (exact) mass is 329 g/mol. The minimum atomic E-state index is 0.484. The second-order valence-electron chi connectivity index (χ2n) is 6.19. The van der Waals surface area contributed by atoms with Crippen LogP contribution < -0.4 is 10.6 Å². The molecule has 1 heterocycles. The Bertz CT molecular complexity index is 661. The number of thiocarbonyl (C=S) groups is 1. The molecule has 0 radical (unpaired) electrons. The van der Waals surface area contributed by atoms with E-state index in [4.69, 9.17) is 12.2 Å². The first-order chi connectivity index (χ1) is 11.2. The number of aromatic nitrogens is 3. The van der Waals surface area contributed by atoms with Crippen LogP contribution in [0, 0.1) is 6.92 Å². The highest BCUT2D eigenvalue weighted by Gasteiger charge is 2.14. The lowest BCUT2D eigenvalue weighted by atomic mass is 9.96.